The first kappa shape index (κ1) is 11.8. The van der Waals surface area contributed by atoms with Crippen molar-refractivity contribution in [2.24, 2.45) is 0 Å². The summed E-state index contributed by atoms with van der Waals surface area (Å²) in [7, 11) is 0. The number of aryl methyl sites for hydroxylation is 1. The van der Waals surface area contributed by atoms with Gasteiger partial charge < -0.3 is 4.42 Å². The quantitative estimate of drug-likeness (QED) is 0.728. The van der Waals surface area contributed by atoms with Gasteiger partial charge in [0.15, 0.2) is 5.78 Å². The summed E-state index contributed by atoms with van der Waals surface area (Å²) < 4.78 is 40.6. The molecule has 0 radical (unpaired) electrons. The van der Waals surface area contributed by atoms with Crippen molar-refractivity contribution in [2.75, 3.05) is 0 Å². The fourth-order valence-corrected chi connectivity index (χ4v) is 1.25. The third-order valence-electron chi connectivity index (χ3n) is 2.00. The van der Waals surface area contributed by atoms with Crippen LogP contribution in [-0.2, 0) is 6.42 Å². The van der Waals surface area contributed by atoms with E-state index in [1.807, 2.05) is 0 Å². The Bertz CT molecular complexity index is 339. The third-order valence-corrected chi connectivity index (χ3v) is 2.00. The Labute approximate surface area is 85.1 Å². The van der Waals surface area contributed by atoms with E-state index in [-0.39, 0.29) is 5.56 Å². The van der Waals surface area contributed by atoms with E-state index in [0.29, 0.717) is 12.2 Å². The molecule has 0 aliphatic heterocycles. The van der Waals surface area contributed by atoms with E-state index in [4.69, 9.17) is 4.42 Å². The largest absolute Gasteiger partial charge is 0.469 e. The van der Waals surface area contributed by atoms with E-state index >= 15 is 0 Å². The molecule has 1 heterocycles. The van der Waals surface area contributed by atoms with Crippen molar-refractivity contribution in [3.8, 4) is 0 Å². The maximum atomic E-state index is 11.9. The molecule has 0 aromatic carbocycles. The zero-order chi connectivity index (χ0) is 11.5. The summed E-state index contributed by atoms with van der Waals surface area (Å²) in [6.07, 6.45) is -4.07. The Balaban J connectivity index is 2.62. The molecule has 0 N–H and O–H groups in total. The maximum absolute atomic E-state index is 11.9. The molecule has 2 nitrogen and oxygen atoms in total. The molecule has 15 heavy (non-hydrogen) atoms. The van der Waals surface area contributed by atoms with Crippen LogP contribution < -0.4 is 0 Å². The minimum absolute atomic E-state index is 0.266. The number of hydrogen-bond acceptors (Lipinski definition) is 2. The molecule has 0 amide bonds. The molecule has 0 saturated carbocycles. The lowest BCUT2D eigenvalue weighted by atomic mass is 10.1. The van der Waals surface area contributed by atoms with Gasteiger partial charge in [0.2, 0.25) is 0 Å². The second-order valence-electron chi connectivity index (χ2n) is 3.15. The highest BCUT2D eigenvalue weighted by atomic mass is 19.4. The summed E-state index contributed by atoms with van der Waals surface area (Å²) in [5.74, 6) is -0.0694. The molecule has 0 spiro atoms. The predicted octanol–water partition coefficient (Wildman–Crippen LogP) is 3.37. The number of ketones is 1. The molecule has 84 valence electrons. The monoisotopic (exact) mass is 220 g/mol. The average molecular weight is 220 g/mol. The zero-order valence-electron chi connectivity index (χ0n) is 8.23. The molecule has 1 aromatic rings. The number of furan rings is 1. The van der Waals surface area contributed by atoms with Gasteiger partial charge in [0.1, 0.15) is 5.76 Å². The molecule has 1 aromatic heterocycles. The molecule has 1 rings (SSSR count). The Hall–Kier alpha value is -1.26. The van der Waals surface area contributed by atoms with Gasteiger partial charge >= 0.3 is 6.18 Å². The van der Waals surface area contributed by atoms with Gasteiger partial charge in [0.05, 0.1) is 18.2 Å². The Kier molecular flexibility index (Phi) is 3.55. The molecular formula is C10H11F3O2. The maximum Gasteiger partial charge on any atom is 0.389 e. The molecule has 0 unspecified atom stereocenters. The number of halogens is 3. The average Bonchev–Trinajstić information content (AvgIpc) is 2.60. The van der Waals surface area contributed by atoms with Crippen LogP contribution in [0.1, 0.15) is 35.9 Å². The van der Waals surface area contributed by atoms with Crippen LogP contribution in [0, 0.1) is 0 Å². The zero-order valence-corrected chi connectivity index (χ0v) is 8.23. The fraction of sp³-hybridized carbons (Fsp3) is 0.500. The molecule has 0 aliphatic carbocycles. The second-order valence-corrected chi connectivity index (χ2v) is 3.15. The van der Waals surface area contributed by atoms with E-state index in [2.05, 4.69) is 0 Å². The van der Waals surface area contributed by atoms with E-state index < -0.39 is 24.8 Å². The number of carbonyl (C=O) groups excluding carboxylic acids is 1. The summed E-state index contributed by atoms with van der Waals surface area (Å²) in [5, 5.41) is 0. The molecule has 5 heteroatoms. The summed E-state index contributed by atoms with van der Waals surface area (Å²) in [5.41, 5.74) is 0.266. The lowest BCUT2D eigenvalue weighted by molar-refractivity contribution is -0.133. The van der Waals surface area contributed by atoms with Crippen LogP contribution in [0.4, 0.5) is 13.2 Å². The first-order chi connectivity index (χ1) is 6.94. The highest BCUT2D eigenvalue weighted by Gasteiger charge is 2.28. The van der Waals surface area contributed by atoms with Crippen LogP contribution >= 0.6 is 0 Å². The van der Waals surface area contributed by atoms with Gasteiger partial charge in [-0.25, -0.2) is 0 Å². The Morgan fingerprint density at radius 3 is 2.67 bits per heavy atom. The van der Waals surface area contributed by atoms with Gasteiger partial charge in [-0.1, -0.05) is 6.92 Å². The summed E-state index contributed by atoms with van der Waals surface area (Å²) in [6, 6.07) is 1.41. The first-order valence-corrected chi connectivity index (χ1v) is 4.60. The normalized spacial score (nSPS) is 11.7. The molecule has 0 aliphatic rings. The van der Waals surface area contributed by atoms with Crippen molar-refractivity contribution in [1.82, 2.24) is 0 Å². The standard InChI is InChI=1S/C10H11F3O2/c1-2-9-7(4-6-15-9)8(14)3-5-10(11,12)13/h4,6H,2-3,5H2,1H3. The lowest BCUT2D eigenvalue weighted by Gasteiger charge is -2.04. The summed E-state index contributed by atoms with van der Waals surface area (Å²) >= 11 is 0. The minimum atomic E-state index is -4.29. The van der Waals surface area contributed by atoms with Crippen molar-refractivity contribution in [3.63, 3.8) is 0 Å². The highest BCUT2D eigenvalue weighted by Crippen LogP contribution is 2.23. The Morgan fingerprint density at radius 2 is 2.13 bits per heavy atom. The molecule has 0 saturated heterocycles. The second kappa shape index (κ2) is 4.51. The molecule has 0 bridgehead atoms. The van der Waals surface area contributed by atoms with Gasteiger partial charge in [-0.15, -0.1) is 0 Å². The lowest BCUT2D eigenvalue weighted by Crippen LogP contribution is -2.11. The number of alkyl halides is 3. The van der Waals surface area contributed by atoms with Gasteiger partial charge in [-0.3, -0.25) is 4.79 Å². The van der Waals surface area contributed by atoms with E-state index in [0.717, 1.165) is 0 Å². The van der Waals surface area contributed by atoms with Crippen molar-refractivity contribution >= 4 is 5.78 Å². The van der Waals surface area contributed by atoms with Crippen molar-refractivity contribution in [1.29, 1.82) is 0 Å². The van der Waals surface area contributed by atoms with Gasteiger partial charge in [0.25, 0.3) is 0 Å². The van der Waals surface area contributed by atoms with Crippen LogP contribution in [-0.4, -0.2) is 12.0 Å². The third kappa shape index (κ3) is 3.42. The predicted molar refractivity (Wildman–Crippen MR) is 47.7 cm³/mol. The van der Waals surface area contributed by atoms with Gasteiger partial charge in [0, 0.05) is 12.8 Å². The van der Waals surface area contributed by atoms with Crippen LogP contribution in [0.3, 0.4) is 0 Å². The number of hydrogen-bond donors (Lipinski definition) is 0. The van der Waals surface area contributed by atoms with Crippen LogP contribution in [0.2, 0.25) is 0 Å². The minimum Gasteiger partial charge on any atom is -0.469 e. The topological polar surface area (TPSA) is 30.2 Å². The van der Waals surface area contributed by atoms with E-state index in [1.165, 1.54) is 12.3 Å². The molecule has 0 atom stereocenters. The van der Waals surface area contributed by atoms with E-state index in [1.54, 1.807) is 6.92 Å². The van der Waals surface area contributed by atoms with Crippen molar-refractivity contribution < 1.29 is 22.4 Å². The fourth-order valence-electron chi connectivity index (χ4n) is 1.25. The summed E-state index contributed by atoms with van der Waals surface area (Å²) in [6.45, 7) is 1.78. The van der Waals surface area contributed by atoms with Crippen molar-refractivity contribution in [2.45, 2.75) is 32.4 Å². The molecule has 0 fully saturated rings. The SMILES string of the molecule is CCc1occc1C(=O)CCC(F)(F)F. The van der Waals surface area contributed by atoms with Crippen molar-refractivity contribution in [3.05, 3.63) is 23.7 Å². The highest BCUT2D eigenvalue weighted by molar-refractivity contribution is 5.96. The number of Topliss-reactive ketones (excluding diaryl/α,β-unsaturated/α-hetero) is 1. The molecular weight excluding hydrogens is 209 g/mol. The van der Waals surface area contributed by atoms with Gasteiger partial charge in [-0.2, -0.15) is 13.2 Å². The number of rotatable bonds is 4. The number of carbonyl (C=O) groups is 1. The smallest absolute Gasteiger partial charge is 0.389 e. The van der Waals surface area contributed by atoms with Crippen LogP contribution in [0.5, 0.6) is 0 Å². The Morgan fingerprint density at radius 1 is 1.47 bits per heavy atom. The summed E-state index contributed by atoms with van der Waals surface area (Å²) in [4.78, 5) is 11.4. The van der Waals surface area contributed by atoms with E-state index in [9.17, 15) is 18.0 Å². The first-order valence-electron chi connectivity index (χ1n) is 4.60. The van der Waals surface area contributed by atoms with Crippen LogP contribution in [0.25, 0.3) is 0 Å². The van der Waals surface area contributed by atoms with Gasteiger partial charge in [-0.05, 0) is 6.07 Å². The van der Waals surface area contributed by atoms with Crippen LogP contribution in [0.15, 0.2) is 16.7 Å².